The van der Waals surface area contributed by atoms with Crippen LogP contribution in [0.3, 0.4) is 0 Å². The van der Waals surface area contributed by atoms with E-state index >= 15 is 0 Å². The summed E-state index contributed by atoms with van der Waals surface area (Å²) >= 11 is 6.32. The van der Waals surface area contributed by atoms with Crippen molar-refractivity contribution >= 4 is 33.2 Å². The first-order valence-corrected chi connectivity index (χ1v) is 17.0. The second-order valence-corrected chi connectivity index (χ2v) is 14.6. The molecule has 2 aromatic rings. The van der Waals surface area contributed by atoms with Crippen LogP contribution >= 0.6 is 11.6 Å². The van der Waals surface area contributed by atoms with Gasteiger partial charge in [0, 0.05) is 30.8 Å². The number of nitrogens with zero attached hydrogens (tertiary/aromatic N) is 1. The van der Waals surface area contributed by atoms with E-state index in [2.05, 4.69) is 9.62 Å². The third kappa shape index (κ3) is 6.86. The fourth-order valence-corrected chi connectivity index (χ4v) is 8.15. The van der Waals surface area contributed by atoms with Gasteiger partial charge in [-0.1, -0.05) is 31.0 Å². The van der Waals surface area contributed by atoms with Crippen LogP contribution in [0.4, 0.5) is 5.69 Å². The van der Waals surface area contributed by atoms with Crippen LogP contribution in [0.1, 0.15) is 80.3 Å². The molecule has 2 aromatic carbocycles. The Morgan fingerprint density at radius 1 is 1.00 bits per heavy atom. The van der Waals surface area contributed by atoms with Crippen LogP contribution in [0.15, 0.2) is 36.4 Å². The standard InChI is InChI=1S/C32H43ClN2O5S/c1-21-7-6-9-30(39-3)28-14-11-25(28)19-35-16-5-4-8-23-17-27(33)13-10-26(23)20-40-31-15-12-24(18-29(31)35)32(36)34-41(37,38)22(21)2/h10,12-13,15,17-18,21-22,25,28,30H,4-9,11,14,16,19-20H2,1-3H3,(H,34,36)/t21-,22+,25-,28+,30?/m0/s1. The van der Waals surface area contributed by atoms with E-state index in [1.807, 2.05) is 37.3 Å². The molecule has 2 aliphatic heterocycles. The molecule has 9 heteroatoms. The molecule has 5 atom stereocenters. The molecule has 7 nitrogen and oxygen atoms in total. The molecular formula is C32H43ClN2O5S. The maximum atomic E-state index is 13.3. The Morgan fingerprint density at radius 2 is 1.83 bits per heavy atom. The molecule has 1 fully saturated rings. The van der Waals surface area contributed by atoms with Crippen molar-refractivity contribution in [1.29, 1.82) is 0 Å². The van der Waals surface area contributed by atoms with Crippen molar-refractivity contribution in [3.8, 4) is 5.75 Å². The van der Waals surface area contributed by atoms with Crippen molar-refractivity contribution in [1.82, 2.24) is 4.72 Å². The molecule has 1 aliphatic carbocycles. The van der Waals surface area contributed by atoms with Crippen LogP contribution in [0.2, 0.25) is 5.02 Å². The Morgan fingerprint density at radius 3 is 2.59 bits per heavy atom. The minimum absolute atomic E-state index is 0.0861. The van der Waals surface area contributed by atoms with E-state index in [1.165, 1.54) is 5.56 Å². The van der Waals surface area contributed by atoms with Crippen LogP contribution in [0, 0.1) is 17.8 Å². The summed E-state index contributed by atoms with van der Waals surface area (Å²) in [5, 5.41) is 0.0354. The smallest absolute Gasteiger partial charge is 0.264 e. The predicted molar refractivity (Wildman–Crippen MR) is 163 cm³/mol. The topological polar surface area (TPSA) is 84.9 Å². The molecule has 5 rings (SSSR count). The van der Waals surface area contributed by atoms with Gasteiger partial charge in [-0.05, 0) is 111 Å². The van der Waals surface area contributed by atoms with Crippen molar-refractivity contribution < 1.29 is 22.7 Å². The molecule has 1 N–H and O–H groups in total. The van der Waals surface area contributed by atoms with Crippen LogP contribution in [-0.4, -0.2) is 45.9 Å². The number of benzene rings is 2. The van der Waals surface area contributed by atoms with Gasteiger partial charge in [-0.15, -0.1) is 0 Å². The first-order chi connectivity index (χ1) is 19.7. The molecule has 1 unspecified atom stereocenters. The quantitative estimate of drug-likeness (QED) is 0.408. The number of hydrogen-bond donors (Lipinski definition) is 1. The summed E-state index contributed by atoms with van der Waals surface area (Å²) in [7, 11) is -2.05. The number of fused-ring (bicyclic) bond motifs is 3. The van der Waals surface area contributed by atoms with Crippen molar-refractivity contribution in [2.24, 2.45) is 17.8 Å². The van der Waals surface area contributed by atoms with Crippen molar-refractivity contribution in [2.45, 2.75) is 83.2 Å². The van der Waals surface area contributed by atoms with E-state index in [-0.39, 0.29) is 12.0 Å². The summed E-state index contributed by atoms with van der Waals surface area (Å²) in [5.41, 5.74) is 3.45. The summed E-state index contributed by atoms with van der Waals surface area (Å²) in [5.74, 6) is 0.946. The summed E-state index contributed by atoms with van der Waals surface area (Å²) in [4.78, 5) is 15.7. The lowest BCUT2D eigenvalue weighted by molar-refractivity contribution is -0.0222. The molecule has 0 aromatic heterocycles. The minimum Gasteiger partial charge on any atom is -0.487 e. The number of halogens is 1. The molecule has 1 amide bonds. The number of nitrogens with one attached hydrogen (secondary N) is 1. The lowest BCUT2D eigenvalue weighted by Gasteiger charge is -2.44. The number of carbonyl (C=O) groups excluding carboxylic acids is 1. The first kappa shape index (κ1) is 30.2. The number of anilines is 1. The maximum Gasteiger partial charge on any atom is 0.264 e. The maximum absolute atomic E-state index is 13.3. The predicted octanol–water partition coefficient (Wildman–Crippen LogP) is 6.37. The highest BCUT2D eigenvalue weighted by Crippen LogP contribution is 2.42. The fraction of sp³-hybridized carbons (Fsp3) is 0.594. The molecule has 224 valence electrons. The summed E-state index contributed by atoms with van der Waals surface area (Å²) in [6.07, 6.45) is 7.90. The molecular weight excluding hydrogens is 560 g/mol. The van der Waals surface area contributed by atoms with Crippen molar-refractivity contribution in [3.05, 3.63) is 58.1 Å². The van der Waals surface area contributed by atoms with Gasteiger partial charge in [0.1, 0.15) is 12.4 Å². The van der Waals surface area contributed by atoms with Gasteiger partial charge >= 0.3 is 0 Å². The summed E-state index contributed by atoms with van der Waals surface area (Å²) in [6.45, 7) is 5.68. The van der Waals surface area contributed by atoms with E-state index < -0.39 is 21.2 Å². The number of methoxy groups -OCH3 is 1. The SMILES string of the molecule is COC1CCC[C@H](C)[C@@H](C)S(=O)(=O)NC(=O)c2ccc3c(c2)N(CCCCc2cc(Cl)ccc2CO3)C[C@@H]2CC[C@@H]12. The Kier molecular flexibility index (Phi) is 9.51. The van der Waals surface area contributed by atoms with Gasteiger partial charge in [-0.25, -0.2) is 13.1 Å². The summed E-state index contributed by atoms with van der Waals surface area (Å²) < 4.78 is 41.2. The fourth-order valence-electron chi connectivity index (χ4n) is 6.64. The van der Waals surface area contributed by atoms with Gasteiger partial charge in [0.15, 0.2) is 0 Å². The Labute approximate surface area is 250 Å². The second kappa shape index (κ2) is 12.9. The van der Waals surface area contributed by atoms with Gasteiger partial charge in [0.2, 0.25) is 10.0 Å². The molecule has 0 spiro atoms. The lowest BCUT2D eigenvalue weighted by atomic mass is 9.69. The zero-order chi connectivity index (χ0) is 29.1. The number of aryl methyl sites for hydroxylation is 1. The van der Waals surface area contributed by atoms with Crippen molar-refractivity contribution in [2.75, 3.05) is 25.1 Å². The molecule has 2 heterocycles. The van der Waals surface area contributed by atoms with E-state index in [4.69, 9.17) is 21.1 Å². The lowest BCUT2D eigenvalue weighted by Crippen LogP contribution is -2.44. The Balaban J connectivity index is 1.53. The van der Waals surface area contributed by atoms with Gasteiger partial charge < -0.3 is 14.4 Å². The Hall–Kier alpha value is -2.29. The monoisotopic (exact) mass is 602 g/mol. The largest absolute Gasteiger partial charge is 0.487 e. The van der Waals surface area contributed by atoms with Gasteiger partial charge in [0.25, 0.3) is 5.91 Å². The van der Waals surface area contributed by atoms with Crippen LogP contribution in [0.5, 0.6) is 5.75 Å². The van der Waals surface area contributed by atoms with Crippen molar-refractivity contribution in [3.63, 3.8) is 0 Å². The number of hydrogen-bond acceptors (Lipinski definition) is 6. The number of sulfonamides is 1. The van der Waals surface area contributed by atoms with Crippen LogP contribution < -0.4 is 14.4 Å². The highest BCUT2D eigenvalue weighted by atomic mass is 35.5. The molecule has 0 saturated heterocycles. The van der Waals surface area contributed by atoms with Crippen LogP contribution in [0.25, 0.3) is 0 Å². The highest BCUT2D eigenvalue weighted by Gasteiger charge is 2.39. The van der Waals surface area contributed by atoms with Gasteiger partial charge in [0.05, 0.1) is 17.0 Å². The van der Waals surface area contributed by atoms with Gasteiger partial charge in [-0.3, -0.25) is 4.79 Å². The third-order valence-electron chi connectivity index (χ3n) is 9.62. The average Bonchev–Trinajstić information content (AvgIpc) is 2.96. The first-order valence-electron chi connectivity index (χ1n) is 15.0. The van der Waals surface area contributed by atoms with E-state index in [0.29, 0.717) is 29.8 Å². The highest BCUT2D eigenvalue weighted by molar-refractivity contribution is 7.90. The molecule has 3 aliphatic rings. The number of ether oxygens (including phenoxy) is 2. The zero-order valence-corrected chi connectivity index (χ0v) is 26.0. The van der Waals surface area contributed by atoms with Gasteiger partial charge in [-0.2, -0.15) is 0 Å². The Bertz CT molecular complexity index is 1350. The number of rotatable bonds is 1. The molecule has 2 bridgehead atoms. The van der Waals surface area contributed by atoms with E-state index in [1.54, 1.807) is 20.1 Å². The minimum atomic E-state index is -3.85. The van der Waals surface area contributed by atoms with Crippen LogP contribution in [-0.2, 0) is 27.8 Å². The second-order valence-electron chi connectivity index (χ2n) is 12.2. The molecule has 41 heavy (non-hydrogen) atoms. The number of amides is 1. The van der Waals surface area contributed by atoms with E-state index in [9.17, 15) is 13.2 Å². The summed E-state index contributed by atoms with van der Waals surface area (Å²) in [6, 6.07) is 11.2. The third-order valence-corrected chi connectivity index (χ3v) is 11.8. The molecule has 1 saturated carbocycles. The zero-order valence-electron chi connectivity index (χ0n) is 24.4. The molecule has 0 radical (unpaired) electrons. The normalized spacial score (nSPS) is 29.0. The average molecular weight is 603 g/mol. The van der Waals surface area contributed by atoms with E-state index in [0.717, 1.165) is 80.7 Å². The number of carbonyl (C=O) groups is 1.